The predicted octanol–water partition coefficient (Wildman–Crippen LogP) is -0.367. The van der Waals surface area contributed by atoms with Crippen LogP contribution in [0.1, 0.15) is 44.2 Å². The van der Waals surface area contributed by atoms with Crippen LogP contribution in [0.4, 0.5) is 0 Å². The topological polar surface area (TPSA) is 141 Å². The molecular weight excluding hydrogens is 368 g/mol. The van der Waals surface area contributed by atoms with Crippen LogP contribution >= 0.6 is 0 Å². The highest BCUT2D eigenvalue weighted by Gasteiger charge is 2.53. The molecule has 152 valence electrons. The summed E-state index contributed by atoms with van der Waals surface area (Å²) in [5.41, 5.74) is 0. The Morgan fingerprint density at radius 1 is 0.741 bits per heavy atom. The van der Waals surface area contributed by atoms with E-state index in [9.17, 15) is 24.0 Å². The van der Waals surface area contributed by atoms with Crippen molar-refractivity contribution in [2.24, 2.45) is 0 Å². The van der Waals surface area contributed by atoms with E-state index < -0.39 is 67.0 Å². The zero-order chi connectivity index (χ0) is 27.1. The first-order chi connectivity index (χ1) is 15.0. The first-order valence-corrected chi connectivity index (χ1v) is 7.22. The maximum atomic E-state index is 11.9. The average molecular weight is 397 g/mol. The lowest BCUT2D eigenvalue weighted by Gasteiger charge is -2.43. The zero-order valence-corrected chi connectivity index (χ0v) is 15.0. The molecule has 1 aliphatic heterocycles. The summed E-state index contributed by atoms with van der Waals surface area (Å²) >= 11 is 0. The average Bonchev–Trinajstić information content (AvgIpc) is 2.56. The third kappa shape index (κ3) is 7.21. The summed E-state index contributed by atoms with van der Waals surface area (Å²) in [6.07, 6.45) is -20.2. The van der Waals surface area contributed by atoms with E-state index in [4.69, 9.17) is 14.3 Å². The lowest BCUT2D eigenvalue weighted by atomic mass is 9.98. The summed E-state index contributed by atoms with van der Waals surface area (Å²) < 4.78 is 86.5. The second kappa shape index (κ2) is 9.86. The van der Waals surface area contributed by atoms with Crippen LogP contribution in [0.15, 0.2) is 0 Å². The maximum Gasteiger partial charge on any atom is 0.305 e. The van der Waals surface area contributed by atoms with Gasteiger partial charge in [0.2, 0.25) is 12.3 Å². The fraction of sp³-hybridized carbons (Fsp3) is 0.688. The third-order valence-corrected chi connectivity index (χ3v) is 2.26. The van der Waals surface area contributed by atoms with Gasteiger partial charge in [-0.1, -0.05) is 0 Å². The van der Waals surface area contributed by atoms with Gasteiger partial charge in [0.1, 0.15) is 14.0 Å². The van der Waals surface area contributed by atoms with E-state index in [1.807, 2.05) is 0 Å². The summed E-state index contributed by atoms with van der Waals surface area (Å²) in [5.74, 6) is -7.46. The van der Waals surface area contributed by atoms with Gasteiger partial charge >= 0.3 is 29.8 Å². The summed E-state index contributed by atoms with van der Waals surface area (Å²) in [5, 5.41) is 0. The first kappa shape index (κ1) is 13.5. The van der Waals surface area contributed by atoms with Gasteiger partial charge in [0.05, 0.1) is 8.22 Å². The summed E-state index contributed by atoms with van der Waals surface area (Å²) in [6, 6.07) is 0. The molecule has 1 saturated heterocycles. The van der Waals surface area contributed by atoms with Crippen LogP contribution in [0.2, 0.25) is 0 Å². The van der Waals surface area contributed by atoms with E-state index in [1.165, 1.54) is 0 Å². The van der Waals surface area contributed by atoms with Crippen molar-refractivity contribution >= 4 is 29.8 Å². The van der Waals surface area contributed by atoms with Crippen molar-refractivity contribution in [1.82, 2.24) is 0 Å². The van der Waals surface area contributed by atoms with Crippen molar-refractivity contribution in [1.29, 1.82) is 0 Å². The van der Waals surface area contributed by atoms with Crippen LogP contribution in [-0.2, 0) is 52.4 Å². The molecule has 1 fully saturated rings. The lowest BCUT2D eigenvalue weighted by Crippen LogP contribution is -2.63. The van der Waals surface area contributed by atoms with Gasteiger partial charge in [-0.3, -0.25) is 24.0 Å². The fourth-order valence-electron chi connectivity index (χ4n) is 1.57. The summed E-state index contributed by atoms with van der Waals surface area (Å²) in [7, 11) is 0. The van der Waals surface area contributed by atoms with Crippen molar-refractivity contribution < 1.29 is 62.0 Å². The van der Waals surface area contributed by atoms with Crippen LogP contribution in [0.3, 0.4) is 0 Å². The molecule has 0 aromatic carbocycles. The van der Waals surface area contributed by atoms with E-state index in [0.29, 0.717) is 34.6 Å². The van der Waals surface area contributed by atoms with Crippen molar-refractivity contribution in [2.75, 3.05) is 6.56 Å². The number of carbonyl (C=O) groups excluding carboxylic acids is 5. The van der Waals surface area contributed by atoms with Crippen molar-refractivity contribution in [3.63, 3.8) is 0 Å². The summed E-state index contributed by atoms with van der Waals surface area (Å²) in [6.45, 7) is -0.763. The van der Waals surface area contributed by atoms with E-state index in [0.717, 1.165) is 0 Å². The van der Waals surface area contributed by atoms with Gasteiger partial charge in [-0.25, -0.2) is 0 Å². The van der Waals surface area contributed by atoms with Crippen LogP contribution < -0.4 is 0 Å². The highest BCUT2D eigenvalue weighted by atomic mass is 16.7. The van der Waals surface area contributed by atoms with E-state index >= 15 is 0 Å². The van der Waals surface area contributed by atoms with Crippen LogP contribution in [0, 0.1) is 0 Å². The predicted molar refractivity (Wildman–Crippen MR) is 83.7 cm³/mol. The second-order valence-electron chi connectivity index (χ2n) is 4.78. The molecule has 0 aromatic rings. The normalized spacial score (nSPS) is 45.0. The fourth-order valence-corrected chi connectivity index (χ4v) is 1.57. The lowest BCUT2D eigenvalue weighted by molar-refractivity contribution is -0.300. The van der Waals surface area contributed by atoms with E-state index in [2.05, 4.69) is 23.7 Å². The Labute approximate surface area is 165 Å². The van der Waals surface area contributed by atoms with Gasteiger partial charge in [-0.2, -0.15) is 0 Å². The third-order valence-electron chi connectivity index (χ3n) is 2.26. The smallest absolute Gasteiger partial charge is 0.305 e. The van der Waals surface area contributed by atoms with Crippen molar-refractivity contribution in [2.45, 2.75) is 65.2 Å². The first-order valence-electron chi connectivity index (χ1n) is 10.7. The molecule has 1 heterocycles. The van der Waals surface area contributed by atoms with Crippen molar-refractivity contribution in [3.05, 3.63) is 0 Å². The van der Waals surface area contributed by atoms with Crippen molar-refractivity contribution in [3.8, 4) is 0 Å². The van der Waals surface area contributed by atoms with Gasteiger partial charge in [0.25, 0.3) is 0 Å². The molecule has 0 bridgehead atoms. The van der Waals surface area contributed by atoms with Gasteiger partial charge in [-0.05, 0) is 0 Å². The molecule has 0 saturated carbocycles. The van der Waals surface area contributed by atoms with Gasteiger partial charge in [0, 0.05) is 34.6 Å². The highest BCUT2D eigenvalue weighted by Crippen LogP contribution is 2.29. The highest BCUT2D eigenvalue weighted by molar-refractivity contribution is 5.69. The largest absolute Gasteiger partial charge is 0.463 e. The number of carbonyl (C=O) groups is 5. The minimum Gasteiger partial charge on any atom is -0.463 e. The molecule has 1 aliphatic rings. The Morgan fingerprint density at radius 2 is 1.19 bits per heavy atom. The molecule has 5 unspecified atom stereocenters. The van der Waals surface area contributed by atoms with Crippen LogP contribution in [0.25, 0.3) is 0 Å². The molecule has 0 radical (unpaired) electrons. The Kier molecular flexibility index (Phi) is 4.92. The molecule has 0 aliphatic carbocycles. The Morgan fingerprint density at radius 3 is 1.63 bits per heavy atom. The zero-order valence-electron chi connectivity index (χ0n) is 22.0. The molecule has 0 aromatic heterocycles. The molecule has 0 amide bonds. The summed E-state index contributed by atoms with van der Waals surface area (Å²) in [4.78, 5) is 58.8. The Balaban J connectivity index is 4.28. The minimum absolute atomic E-state index is 0.609. The van der Waals surface area contributed by atoms with E-state index in [1.54, 1.807) is 0 Å². The monoisotopic (exact) mass is 397 g/mol. The Hall–Kier alpha value is -2.69. The number of hydrogen-bond acceptors (Lipinski definition) is 11. The SMILES string of the molecule is [2H]C([2H])(OC(C)=O)C1([2H])OC([2H])(OC(C)=O)C([2H])(OC(C)=O)C([2H])(OC(C)=O)C1([2H])OC(C)=O. The molecular formula is C16H22O11. The van der Waals surface area contributed by atoms with Gasteiger partial charge < -0.3 is 28.4 Å². The molecule has 11 heteroatoms. The van der Waals surface area contributed by atoms with E-state index in [-0.39, 0.29) is 0 Å². The minimum atomic E-state index is -4.10. The molecule has 27 heavy (non-hydrogen) atoms. The molecule has 0 N–H and O–H groups in total. The Bertz CT molecular complexity index is 916. The van der Waals surface area contributed by atoms with Crippen LogP contribution in [-0.4, -0.2) is 67.0 Å². The standard InChI is InChI=1S/C16H22O11/c1-7(17)22-6-12-13(23-8(2)18)14(24-9(3)19)15(25-10(4)20)16(27-12)26-11(5)21/h12-16H,6H2,1-5H3/i6D2,12D,13D,14D,15D,16D. The number of hydrogen-bond donors (Lipinski definition) is 0. The van der Waals surface area contributed by atoms with Gasteiger partial charge in [0.15, 0.2) is 12.2 Å². The molecule has 1 rings (SSSR count). The number of esters is 5. The van der Waals surface area contributed by atoms with Gasteiger partial charge in [-0.15, -0.1) is 0 Å². The molecule has 0 spiro atoms. The second-order valence-corrected chi connectivity index (χ2v) is 4.78. The molecule has 11 nitrogen and oxygen atoms in total. The number of ether oxygens (including phenoxy) is 6. The van der Waals surface area contributed by atoms with Crippen LogP contribution in [0.5, 0.6) is 0 Å². The quantitative estimate of drug-likeness (QED) is 0.428. The molecule has 5 atom stereocenters. The maximum absolute atomic E-state index is 11.9. The number of rotatable bonds is 6.